The number of anilines is 2. The summed E-state index contributed by atoms with van der Waals surface area (Å²) in [6.07, 6.45) is 0.968. The Morgan fingerprint density at radius 1 is 1.23 bits per heavy atom. The van der Waals surface area contributed by atoms with Gasteiger partial charge in [-0.25, -0.2) is 8.42 Å². The number of nitro groups is 1. The summed E-state index contributed by atoms with van der Waals surface area (Å²) >= 11 is 6.01. The Morgan fingerprint density at radius 3 is 2.50 bits per heavy atom. The van der Waals surface area contributed by atoms with E-state index in [4.69, 9.17) is 16.3 Å². The third-order valence-electron chi connectivity index (χ3n) is 3.16. The highest BCUT2D eigenvalue weighted by Crippen LogP contribution is 2.30. The summed E-state index contributed by atoms with van der Waals surface area (Å²) < 4.78 is 29.9. The van der Waals surface area contributed by atoms with E-state index in [1.54, 1.807) is 0 Å². The molecule has 0 radical (unpaired) electrons. The van der Waals surface area contributed by atoms with Gasteiger partial charge in [0.1, 0.15) is 5.75 Å². The van der Waals surface area contributed by atoms with Gasteiger partial charge in [0.25, 0.3) is 11.6 Å². The molecule has 1 amide bonds. The molecule has 0 fully saturated rings. The van der Waals surface area contributed by atoms with Crippen molar-refractivity contribution in [1.29, 1.82) is 0 Å². The lowest BCUT2D eigenvalue weighted by Crippen LogP contribution is -2.15. The summed E-state index contributed by atoms with van der Waals surface area (Å²) in [7, 11) is -2.19. The normalized spacial score (nSPS) is 10.9. The van der Waals surface area contributed by atoms with Gasteiger partial charge in [-0.15, -0.1) is 0 Å². The van der Waals surface area contributed by atoms with Crippen LogP contribution in [-0.2, 0) is 10.0 Å². The first-order chi connectivity index (χ1) is 12.1. The number of nitrogens with one attached hydrogen (secondary N) is 2. The molecule has 0 aliphatic heterocycles. The molecule has 0 saturated heterocycles. The number of benzene rings is 2. The number of rotatable bonds is 6. The number of ether oxygens (including phenoxy) is 1. The SMILES string of the molecule is COc1ccc([N+](=O)[O-])cc1NC(=O)c1cc(NS(C)(=O)=O)ccc1Cl. The fourth-order valence-corrected chi connectivity index (χ4v) is 2.83. The van der Waals surface area contributed by atoms with Crippen LogP contribution in [0.2, 0.25) is 5.02 Å². The van der Waals surface area contributed by atoms with Crippen LogP contribution in [0.4, 0.5) is 17.1 Å². The van der Waals surface area contributed by atoms with E-state index in [9.17, 15) is 23.3 Å². The smallest absolute Gasteiger partial charge is 0.271 e. The molecule has 0 heterocycles. The number of nitrogens with zero attached hydrogens (tertiary/aromatic N) is 1. The number of non-ortho nitro benzene ring substituents is 1. The van der Waals surface area contributed by atoms with E-state index in [1.165, 1.54) is 37.4 Å². The Labute approximate surface area is 154 Å². The van der Waals surface area contributed by atoms with Crippen molar-refractivity contribution in [3.8, 4) is 5.75 Å². The summed E-state index contributed by atoms with van der Waals surface area (Å²) in [5.41, 5.74) is -0.0362. The largest absolute Gasteiger partial charge is 0.495 e. The molecule has 2 N–H and O–H groups in total. The van der Waals surface area contributed by atoms with Crippen LogP contribution in [0.15, 0.2) is 36.4 Å². The third kappa shape index (κ3) is 4.83. The molecule has 2 aromatic carbocycles. The Hall–Kier alpha value is -2.85. The molecule has 0 atom stereocenters. The van der Waals surface area contributed by atoms with Crippen molar-refractivity contribution in [3.63, 3.8) is 0 Å². The van der Waals surface area contributed by atoms with E-state index in [0.29, 0.717) is 0 Å². The van der Waals surface area contributed by atoms with E-state index < -0.39 is 20.9 Å². The van der Waals surface area contributed by atoms with Gasteiger partial charge in [-0.1, -0.05) is 11.6 Å². The number of amides is 1. The molecule has 0 aromatic heterocycles. The van der Waals surface area contributed by atoms with Crippen molar-refractivity contribution in [3.05, 3.63) is 57.1 Å². The fraction of sp³-hybridized carbons (Fsp3) is 0.133. The van der Waals surface area contributed by atoms with Crippen LogP contribution < -0.4 is 14.8 Å². The van der Waals surface area contributed by atoms with Crippen molar-refractivity contribution >= 4 is 44.6 Å². The van der Waals surface area contributed by atoms with Gasteiger partial charge < -0.3 is 10.1 Å². The molecule has 0 unspecified atom stereocenters. The van der Waals surface area contributed by atoms with Crippen LogP contribution >= 0.6 is 11.6 Å². The van der Waals surface area contributed by atoms with Crippen molar-refractivity contribution < 1.29 is 22.9 Å². The number of nitro benzene ring substituents is 1. The minimum Gasteiger partial charge on any atom is -0.495 e. The zero-order valence-corrected chi connectivity index (χ0v) is 15.2. The molecular formula is C15H14ClN3O6S. The van der Waals surface area contributed by atoms with Gasteiger partial charge in [-0.05, 0) is 24.3 Å². The highest BCUT2D eigenvalue weighted by Gasteiger charge is 2.17. The van der Waals surface area contributed by atoms with Crippen LogP contribution in [0.5, 0.6) is 5.75 Å². The molecule has 0 spiro atoms. The minimum atomic E-state index is -3.54. The number of carbonyl (C=O) groups excluding carboxylic acids is 1. The molecule has 2 rings (SSSR count). The second-order valence-corrected chi connectivity index (χ2v) is 7.32. The van der Waals surface area contributed by atoms with Crippen LogP contribution in [-0.4, -0.2) is 32.6 Å². The second kappa shape index (κ2) is 7.58. The van der Waals surface area contributed by atoms with Crippen molar-refractivity contribution in [2.75, 3.05) is 23.4 Å². The third-order valence-corrected chi connectivity index (χ3v) is 4.09. The molecule has 2 aromatic rings. The van der Waals surface area contributed by atoms with Crippen molar-refractivity contribution in [2.45, 2.75) is 0 Å². The standard InChI is InChI=1S/C15H14ClN3O6S/c1-25-14-6-4-10(19(21)22)8-13(14)17-15(20)11-7-9(3-5-12(11)16)18-26(2,23)24/h3-8,18H,1-2H3,(H,17,20). The van der Waals surface area contributed by atoms with Crippen LogP contribution in [0.25, 0.3) is 0 Å². The lowest BCUT2D eigenvalue weighted by Gasteiger charge is -2.12. The number of methoxy groups -OCH3 is 1. The van der Waals surface area contributed by atoms with Gasteiger partial charge >= 0.3 is 0 Å². The molecule has 0 aliphatic carbocycles. The summed E-state index contributed by atoms with van der Waals surface area (Å²) in [6.45, 7) is 0. The summed E-state index contributed by atoms with van der Waals surface area (Å²) in [5.74, 6) is -0.476. The topological polar surface area (TPSA) is 128 Å². The molecule has 9 nitrogen and oxygen atoms in total. The Balaban J connectivity index is 2.37. The number of sulfonamides is 1. The number of carbonyl (C=O) groups is 1. The van der Waals surface area contributed by atoms with Gasteiger partial charge in [0, 0.05) is 17.8 Å². The van der Waals surface area contributed by atoms with E-state index in [2.05, 4.69) is 10.0 Å². The van der Waals surface area contributed by atoms with Gasteiger partial charge in [0.05, 0.1) is 34.6 Å². The molecule has 0 saturated carbocycles. The predicted molar refractivity (Wildman–Crippen MR) is 97.5 cm³/mol. The second-order valence-electron chi connectivity index (χ2n) is 5.16. The maximum Gasteiger partial charge on any atom is 0.271 e. The lowest BCUT2D eigenvalue weighted by atomic mass is 10.1. The molecular weight excluding hydrogens is 386 g/mol. The van der Waals surface area contributed by atoms with E-state index in [1.807, 2.05) is 0 Å². The summed E-state index contributed by atoms with van der Waals surface area (Å²) in [6, 6.07) is 7.73. The fourth-order valence-electron chi connectivity index (χ4n) is 2.07. The zero-order chi connectivity index (χ0) is 19.5. The molecule has 0 bridgehead atoms. The first-order valence-electron chi connectivity index (χ1n) is 7.02. The van der Waals surface area contributed by atoms with Crippen molar-refractivity contribution in [2.24, 2.45) is 0 Å². The van der Waals surface area contributed by atoms with Gasteiger partial charge in [0.2, 0.25) is 10.0 Å². The minimum absolute atomic E-state index is 0.0196. The highest BCUT2D eigenvalue weighted by molar-refractivity contribution is 7.92. The van der Waals surface area contributed by atoms with Gasteiger partial charge in [-0.2, -0.15) is 0 Å². The van der Waals surface area contributed by atoms with Crippen LogP contribution in [0.3, 0.4) is 0 Å². The molecule has 11 heteroatoms. The molecule has 26 heavy (non-hydrogen) atoms. The van der Waals surface area contributed by atoms with Crippen molar-refractivity contribution in [1.82, 2.24) is 0 Å². The number of hydrogen-bond acceptors (Lipinski definition) is 6. The molecule has 138 valence electrons. The first-order valence-corrected chi connectivity index (χ1v) is 9.29. The quantitative estimate of drug-likeness (QED) is 0.567. The average Bonchev–Trinajstić information content (AvgIpc) is 2.55. The monoisotopic (exact) mass is 399 g/mol. The van der Waals surface area contributed by atoms with Crippen LogP contribution in [0.1, 0.15) is 10.4 Å². The maximum absolute atomic E-state index is 12.5. The maximum atomic E-state index is 12.5. The van der Waals surface area contributed by atoms with Gasteiger partial charge in [-0.3, -0.25) is 19.6 Å². The van der Waals surface area contributed by atoms with E-state index >= 15 is 0 Å². The Morgan fingerprint density at radius 2 is 1.92 bits per heavy atom. The number of halogens is 1. The summed E-state index contributed by atoms with van der Waals surface area (Å²) in [4.78, 5) is 22.8. The molecule has 0 aliphatic rings. The Bertz CT molecular complexity index is 977. The number of hydrogen-bond donors (Lipinski definition) is 2. The highest BCUT2D eigenvalue weighted by atomic mass is 35.5. The Kier molecular flexibility index (Phi) is 5.68. The van der Waals surface area contributed by atoms with Gasteiger partial charge in [0.15, 0.2) is 0 Å². The predicted octanol–water partition coefficient (Wildman–Crippen LogP) is 2.88. The zero-order valence-electron chi connectivity index (χ0n) is 13.6. The van der Waals surface area contributed by atoms with E-state index in [0.717, 1.165) is 12.3 Å². The summed E-state index contributed by atoms with van der Waals surface area (Å²) in [5, 5.41) is 13.5. The first kappa shape index (κ1) is 19.5. The van der Waals surface area contributed by atoms with E-state index in [-0.39, 0.29) is 33.4 Å². The van der Waals surface area contributed by atoms with Crippen LogP contribution in [0, 0.1) is 10.1 Å². The lowest BCUT2D eigenvalue weighted by molar-refractivity contribution is -0.384. The average molecular weight is 400 g/mol.